The molecule has 1 unspecified atom stereocenters. The van der Waals surface area contributed by atoms with Crippen molar-refractivity contribution in [1.82, 2.24) is 0 Å². The van der Waals surface area contributed by atoms with Gasteiger partial charge < -0.3 is 0 Å². The van der Waals surface area contributed by atoms with Gasteiger partial charge in [-0.15, -0.1) is 11.6 Å². The molecule has 102 valence electrons. The van der Waals surface area contributed by atoms with Crippen molar-refractivity contribution in [3.8, 4) is 0 Å². The van der Waals surface area contributed by atoms with Gasteiger partial charge in [-0.25, -0.2) is 4.39 Å². The van der Waals surface area contributed by atoms with E-state index in [-0.39, 0.29) is 11.2 Å². The molecular weight excluding hydrogens is 315 g/mol. The number of hydrogen-bond acceptors (Lipinski definition) is 0. The van der Waals surface area contributed by atoms with Gasteiger partial charge in [0.25, 0.3) is 0 Å². The van der Waals surface area contributed by atoms with Crippen molar-refractivity contribution in [3.05, 3.63) is 34.1 Å². The lowest BCUT2D eigenvalue weighted by Gasteiger charge is -2.31. The van der Waals surface area contributed by atoms with E-state index in [1.54, 1.807) is 6.07 Å². The second kappa shape index (κ2) is 7.49. The highest BCUT2D eigenvalue weighted by atomic mass is 79.9. The van der Waals surface area contributed by atoms with Gasteiger partial charge in [0, 0.05) is 10.4 Å². The summed E-state index contributed by atoms with van der Waals surface area (Å²) in [5, 5.41) is 0. The van der Waals surface area contributed by atoms with E-state index in [1.165, 1.54) is 18.9 Å². The van der Waals surface area contributed by atoms with Gasteiger partial charge in [0.2, 0.25) is 0 Å². The minimum absolute atomic E-state index is 0.102. The number of unbranched alkanes of at least 4 members (excludes halogenated alkanes) is 1. The number of benzene rings is 1. The molecule has 0 fully saturated rings. The summed E-state index contributed by atoms with van der Waals surface area (Å²) in [4.78, 5) is 0. The predicted octanol–water partition coefficient (Wildman–Crippen LogP) is 5.96. The predicted molar refractivity (Wildman–Crippen MR) is 80.8 cm³/mol. The normalized spacial score (nSPS) is 14.5. The van der Waals surface area contributed by atoms with Crippen molar-refractivity contribution >= 4 is 27.5 Å². The van der Waals surface area contributed by atoms with Crippen LogP contribution in [0.15, 0.2) is 22.7 Å². The van der Waals surface area contributed by atoms with Crippen LogP contribution >= 0.6 is 27.5 Å². The lowest BCUT2D eigenvalue weighted by Crippen LogP contribution is -2.25. The van der Waals surface area contributed by atoms with Crippen molar-refractivity contribution < 1.29 is 4.39 Å². The van der Waals surface area contributed by atoms with Crippen LogP contribution in [0.3, 0.4) is 0 Å². The molecule has 0 saturated carbocycles. The van der Waals surface area contributed by atoms with Crippen LogP contribution in [-0.4, -0.2) is 5.88 Å². The van der Waals surface area contributed by atoms with Crippen molar-refractivity contribution in [2.75, 3.05) is 5.88 Å². The highest BCUT2D eigenvalue weighted by Gasteiger charge is 2.27. The van der Waals surface area contributed by atoms with Crippen molar-refractivity contribution in [2.24, 2.45) is 5.41 Å². The van der Waals surface area contributed by atoms with Crippen molar-refractivity contribution in [1.29, 1.82) is 0 Å². The molecule has 0 aliphatic rings. The quantitative estimate of drug-likeness (QED) is 0.540. The van der Waals surface area contributed by atoms with Crippen LogP contribution in [-0.2, 0) is 6.42 Å². The van der Waals surface area contributed by atoms with Gasteiger partial charge in [0.15, 0.2) is 0 Å². The highest BCUT2D eigenvalue weighted by molar-refractivity contribution is 9.10. The van der Waals surface area contributed by atoms with E-state index in [0.717, 1.165) is 29.3 Å². The topological polar surface area (TPSA) is 0 Å². The number of alkyl halides is 1. The molecule has 0 nitrogen and oxygen atoms in total. The summed E-state index contributed by atoms with van der Waals surface area (Å²) in [6, 6.07) is 5.10. The summed E-state index contributed by atoms with van der Waals surface area (Å²) in [5.41, 5.74) is 1.13. The molecule has 1 aromatic carbocycles. The molecule has 1 atom stereocenters. The number of hydrogen-bond donors (Lipinski definition) is 0. The summed E-state index contributed by atoms with van der Waals surface area (Å²) in [7, 11) is 0. The molecule has 1 rings (SSSR count). The van der Waals surface area contributed by atoms with Gasteiger partial charge in [-0.2, -0.15) is 0 Å². The smallest absolute Gasteiger partial charge is 0.124 e. The first-order valence-corrected chi connectivity index (χ1v) is 7.89. The molecule has 0 radical (unpaired) electrons. The highest BCUT2D eigenvalue weighted by Crippen LogP contribution is 2.35. The molecule has 0 saturated heterocycles. The minimum Gasteiger partial charge on any atom is -0.207 e. The molecule has 0 aromatic heterocycles. The van der Waals surface area contributed by atoms with Crippen LogP contribution in [0.4, 0.5) is 4.39 Å². The molecule has 0 amide bonds. The summed E-state index contributed by atoms with van der Waals surface area (Å²) in [6.07, 6.45) is 5.34. The Morgan fingerprint density at radius 2 is 2.00 bits per heavy atom. The SMILES string of the molecule is CCCCC(CC)(CCl)Cc1cc(F)cc(Br)c1. The third-order valence-electron chi connectivity index (χ3n) is 3.60. The van der Waals surface area contributed by atoms with E-state index >= 15 is 0 Å². The van der Waals surface area contributed by atoms with Crippen LogP contribution < -0.4 is 0 Å². The van der Waals surface area contributed by atoms with Gasteiger partial charge >= 0.3 is 0 Å². The van der Waals surface area contributed by atoms with Crippen LogP contribution in [0, 0.1) is 11.2 Å². The Morgan fingerprint density at radius 3 is 2.50 bits per heavy atom. The van der Waals surface area contributed by atoms with Gasteiger partial charge in [-0.05, 0) is 48.4 Å². The maximum atomic E-state index is 13.4. The van der Waals surface area contributed by atoms with Crippen LogP contribution in [0.1, 0.15) is 45.1 Å². The maximum Gasteiger partial charge on any atom is 0.124 e. The van der Waals surface area contributed by atoms with Gasteiger partial charge in [0.05, 0.1) is 0 Å². The molecule has 3 heteroatoms. The minimum atomic E-state index is -0.186. The molecule has 0 aliphatic carbocycles. The first-order valence-electron chi connectivity index (χ1n) is 6.56. The van der Waals surface area contributed by atoms with Gasteiger partial charge in [-0.1, -0.05) is 42.6 Å². The summed E-state index contributed by atoms with van der Waals surface area (Å²) < 4.78 is 14.2. The van der Waals surface area contributed by atoms with Gasteiger partial charge in [0.1, 0.15) is 5.82 Å². The van der Waals surface area contributed by atoms with E-state index < -0.39 is 0 Å². The molecule has 0 bridgehead atoms. The zero-order chi connectivity index (χ0) is 13.6. The van der Waals surface area contributed by atoms with E-state index in [2.05, 4.69) is 29.8 Å². The van der Waals surface area contributed by atoms with Gasteiger partial charge in [-0.3, -0.25) is 0 Å². The van der Waals surface area contributed by atoms with Crippen LogP contribution in [0.25, 0.3) is 0 Å². The average Bonchev–Trinajstić information content (AvgIpc) is 2.33. The third-order valence-corrected chi connectivity index (χ3v) is 4.62. The van der Waals surface area contributed by atoms with E-state index in [1.807, 2.05) is 6.07 Å². The summed E-state index contributed by atoms with van der Waals surface area (Å²) in [5.74, 6) is 0.451. The zero-order valence-corrected chi connectivity index (χ0v) is 13.5. The standard InChI is InChI=1S/C15H21BrClF/c1-3-5-6-15(4-2,11-17)10-12-7-13(16)9-14(18)8-12/h7-9H,3-6,10-11H2,1-2H3. The fourth-order valence-electron chi connectivity index (χ4n) is 2.30. The Labute approximate surface area is 123 Å². The average molecular weight is 336 g/mol. The maximum absolute atomic E-state index is 13.4. The second-order valence-electron chi connectivity index (χ2n) is 5.05. The number of rotatable bonds is 7. The van der Waals surface area contributed by atoms with Crippen molar-refractivity contribution in [3.63, 3.8) is 0 Å². The molecule has 1 aromatic rings. The molecular formula is C15H21BrClF. The van der Waals surface area contributed by atoms with E-state index in [4.69, 9.17) is 11.6 Å². The first-order chi connectivity index (χ1) is 8.55. The largest absolute Gasteiger partial charge is 0.207 e. The van der Waals surface area contributed by atoms with Crippen LogP contribution in [0.5, 0.6) is 0 Å². The molecule has 0 aliphatic heterocycles. The zero-order valence-electron chi connectivity index (χ0n) is 11.1. The Morgan fingerprint density at radius 1 is 1.28 bits per heavy atom. The Kier molecular flexibility index (Phi) is 6.65. The third kappa shape index (κ3) is 4.55. The monoisotopic (exact) mass is 334 g/mol. The fourth-order valence-corrected chi connectivity index (χ4v) is 3.23. The first kappa shape index (κ1) is 16.0. The Bertz CT molecular complexity index is 355. The Balaban J connectivity index is 2.88. The van der Waals surface area contributed by atoms with Crippen LogP contribution in [0.2, 0.25) is 0 Å². The van der Waals surface area contributed by atoms with E-state index in [9.17, 15) is 4.39 Å². The molecule has 0 heterocycles. The molecule has 18 heavy (non-hydrogen) atoms. The summed E-state index contributed by atoms with van der Waals surface area (Å²) >= 11 is 9.53. The van der Waals surface area contributed by atoms with Crippen molar-refractivity contribution in [2.45, 2.75) is 46.0 Å². The lowest BCUT2D eigenvalue weighted by atomic mass is 9.77. The number of halogens is 3. The molecule has 0 spiro atoms. The second-order valence-corrected chi connectivity index (χ2v) is 6.23. The summed E-state index contributed by atoms with van der Waals surface area (Å²) in [6.45, 7) is 4.36. The lowest BCUT2D eigenvalue weighted by molar-refractivity contribution is 0.279. The van der Waals surface area contributed by atoms with E-state index in [0.29, 0.717) is 5.88 Å². The Hall–Kier alpha value is -0.0800. The fraction of sp³-hybridized carbons (Fsp3) is 0.600. The molecule has 0 N–H and O–H groups in total.